The third kappa shape index (κ3) is 5.62. The van der Waals surface area contributed by atoms with Crippen LogP contribution >= 0.6 is 0 Å². The van der Waals surface area contributed by atoms with Crippen molar-refractivity contribution in [3.8, 4) is 0 Å². The maximum Gasteiger partial charge on any atom is 0.340 e. The summed E-state index contributed by atoms with van der Waals surface area (Å²) in [5, 5.41) is 13.2. The van der Waals surface area contributed by atoms with Crippen LogP contribution in [0, 0.1) is 5.92 Å². The summed E-state index contributed by atoms with van der Waals surface area (Å²) < 4.78 is 6.49. The van der Waals surface area contributed by atoms with Gasteiger partial charge in [-0.05, 0) is 54.2 Å². The van der Waals surface area contributed by atoms with Crippen LogP contribution in [-0.2, 0) is 20.9 Å². The van der Waals surface area contributed by atoms with Gasteiger partial charge in [0.2, 0.25) is 5.91 Å². The number of nitrogens with one attached hydrogen (secondary N) is 1. The number of esters is 1. The summed E-state index contributed by atoms with van der Waals surface area (Å²) in [4.78, 5) is 38.8. The van der Waals surface area contributed by atoms with Crippen molar-refractivity contribution < 1.29 is 19.1 Å². The van der Waals surface area contributed by atoms with Gasteiger partial charge in [0.1, 0.15) is 12.9 Å². The molecule has 1 heterocycles. The molecule has 0 radical (unpaired) electrons. The molecule has 0 aliphatic heterocycles. The van der Waals surface area contributed by atoms with Crippen LogP contribution in [0.25, 0.3) is 0 Å². The number of benzene rings is 1. The van der Waals surface area contributed by atoms with Crippen LogP contribution in [0.4, 0.5) is 5.69 Å². The number of carbonyl (C=O) groups is 3. The molecule has 0 spiro atoms. The molecule has 0 saturated heterocycles. The number of hydrogen-bond acceptors (Lipinski definition) is 7. The number of anilines is 1. The SMILES string of the molecule is CC1CCC(N(C)C(=O)COC(=O)c2ccccc2NC(=O)Cn2cnnn2)CC1. The molecular weight excluding hydrogens is 388 g/mol. The molecule has 1 saturated carbocycles. The van der Waals surface area contributed by atoms with E-state index in [-0.39, 0.29) is 30.7 Å². The highest BCUT2D eigenvalue weighted by atomic mass is 16.5. The second-order valence-corrected chi connectivity index (χ2v) is 7.60. The highest BCUT2D eigenvalue weighted by Gasteiger charge is 2.25. The summed E-state index contributed by atoms with van der Waals surface area (Å²) in [5.74, 6) is -0.615. The molecule has 1 fully saturated rings. The number of nitrogens with zero attached hydrogens (tertiary/aromatic N) is 5. The summed E-state index contributed by atoms with van der Waals surface area (Å²) in [7, 11) is 1.75. The number of ether oxygens (including phenoxy) is 1. The van der Waals surface area contributed by atoms with Gasteiger partial charge in [0.05, 0.1) is 11.3 Å². The molecule has 30 heavy (non-hydrogen) atoms. The molecule has 1 aliphatic rings. The van der Waals surface area contributed by atoms with E-state index in [1.807, 2.05) is 0 Å². The third-order valence-corrected chi connectivity index (χ3v) is 5.37. The first-order valence-electron chi connectivity index (χ1n) is 9.96. The van der Waals surface area contributed by atoms with Gasteiger partial charge in [0, 0.05) is 13.1 Å². The molecule has 160 valence electrons. The van der Waals surface area contributed by atoms with Gasteiger partial charge in [-0.25, -0.2) is 9.48 Å². The van der Waals surface area contributed by atoms with Gasteiger partial charge < -0.3 is 15.0 Å². The molecule has 0 unspecified atom stereocenters. The van der Waals surface area contributed by atoms with E-state index in [2.05, 4.69) is 27.8 Å². The Morgan fingerprint density at radius 2 is 1.93 bits per heavy atom. The lowest BCUT2D eigenvalue weighted by atomic mass is 9.87. The summed E-state index contributed by atoms with van der Waals surface area (Å²) in [6.45, 7) is 1.78. The number of aromatic nitrogens is 4. The van der Waals surface area contributed by atoms with Crippen LogP contribution in [0.2, 0.25) is 0 Å². The Balaban J connectivity index is 1.55. The Morgan fingerprint density at radius 1 is 1.20 bits per heavy atom. The van der Waals surface area contributed by atoms with Crippen LogP contribution in [0.3, 0.4) is 0 Å². The van der Waals surface area contributed by atoms with Gasteiger partial charge in [-0.15, -0.1) is 5.10 Å². The van der Waals surface area contributed by atoms with Crippen molar-refractivity contribution in [1.29, 1.82) is 0 Å². The second kappa shape index (κ2) is 9.95. The van der Waals surface area contributed by atoms with E-state index in [9.17, 15) is 14.4 Å². The summed E-state index contributed by atoms with van der Waals surface area (Å²) in [5.41, 5.74) is 0.465. The first-order valence-corrected chi connectivity index (χ1v) is 9.96. The van der Waals surface area contributed by atoms with Gasteiger partial charge >= 0.3 is 5.97 Å². The topological polar surface area (TPSA) is 119 Å². The lowest BCUT2D eigenvalue weighted by molar-refractivity contribution is -0.136. The molecule has 1 aromatic carbocycles. The van der Waals surface area contributed by atoms with Crippen LogP contribution in [0.1, 0.15) is 43.0 Å². The van der Waals surface area contributed by atoms with Crippen LogP contribution in [0.15, 0.2) is 30.6 Å². The minimum atomic E-state index is -0.674. The number of para-hydroxylation sites is 1. The first kappa shape index (κ1) is 21.4. The van der Waals surface area contributed by atoms with Gasteiger partial charge in [-0.1, -0.05) is 19.1 Å². The fourth-order valence-electron chi connectivity index (χ4n) is 3.50. The number of hydrogen-bond donors (Lipinski definition) is 1. The normalized spacial score (nSPS) is 18.5. The third-order valence-electron chi connectivity index (χ3n) is 5.37. The van der Waals surface area contributed by atoms with Gasteiger partial charge in [-0.3, -0.25) is 9.59 Å². The van der Waals surface area contributed by atoms with Crippen LogP contribution < -0.4 is 5.32 Å². The number of likely N-dealkylation sites (N-methyl/N-ethyl adjacent to an activating group) is 1. The Hall–Kier alpha value is -3.30. The Morgan fingerprint density at radius 3 is 2.63 bits per heavy atom. The molecule has 10 heteroatoms. The Kier molecular flexibility index (Phi) is 7.10. The predicted molar refractivity (Wildman–Crippen MR) is 107 cm³/mol. The number of carbonyl (C=O) groups excluding carboxylic acids is 3. The standard InChI is InChI=1S/C20H26N6O4/c1-14-7-9-15(10-8-14)25(2)19(28)12-30-20(29)16-5-3-4-6-17(16)22-18(27)11-26-13-21-23-24-26/h3-6,13-15H,7-12H2,1-2H3,(H,22,27). The highest BCUT2D eigenvalue weighted by molar-refractivity contribution is 6.01. The molecule has 0 bridgehead atoms. The average Bonchev–Trinajstić information content (AvgIpc) is 3.25. The largest absolute Gasteiger partial charge is 0.452 e. The van der Waals surface area contributed by atoms with E-state index in [0.29, 0.717) is 11.6 Å². The van der Waals surface area contributed by atoms with E-state index in [0.717, 1.165) is 25.7 Å². The van der Waals surface area contributed by atoms with Crippen molar-refractivity contribution in [2.45, 2.75) is 45.2 Å². The monoisotopic (exact) mass is 414 g/mol. The Bertz CT molecular complexity index is 877. The molecular formula is C20H26N6O4. The Labute approximate surface area is 174 Å². The lowest BCUT2D eigenvalue weighted by Crippen LogP contribution is -2.41. The molecule has 3 rings (SSSR count). The van der Waals surface area contributed by atoms with Crippen LogP contribution in [-0.4, -0.2) is 62.6 Å². The number of amides is 2. The van der Waals surface area contributed by atoms with Crippen molar-refractivity contribution in [3.63, 3.8) is 0 Å². The molecule has 10 nitrogen and oxygen atoms in total. The second-order valence-electron chi connectivity index (χ2n) is 7.60. The van der Waals surface area contributed by atoms with E-state index in [1.165, 1.54) is 17.1 Å². The number of rotatable bonds is 7. The van der Waals surface area contributed by atoms with Crippen molar-refractivity contribution >= 4 is 23.5 Å². The molecule has 1 aromatic heterocycles. The van der Waals surface area contributed by atoms with Gasteiger partial charge in [-0.2, -0.15) is 0 Å². The first-order chi connectivity index (χ1) is 14.4. The summed E-state index contributed by atoms with van der Waals surface area (Å²) in [6.07, 6.45) is 5.44. The summed E-state index contributed by atoms with van der Waals surface area (Å²) in [6, 6.07) is 6.65. The maximum absolute atomic E-state index is 12.5. The predicted octanol–water partition coefficient (Wildman–Crippen LogP) is 1.51. The van der Waals surface area contributed by atoms with Crippen molar-refractivity contribution in [2.24, 2.45) is 5.92 Å². The molecule has 2 aromatic rings. The lowest BCUT2D eigenvalue weighted by Gasteiger charge is -2.33. The molecule has 1 aliphatic carbocycles. The number of tetrazole rings is 1. The van der Waals surface area contributed by atoms with E-state index in [1.54, 1.807) is 30.1 Å². The zero-order valence-corrected chi connectivity index (χ0v) is 17.2. The smallest absolute Gasteiger partial charge is 0.340 e. The average molecular weight is 414 g/mol. The highest BCUT2D eigenvalue weighted by Crippen LogP contribution is 2.26. The quantitative estimate of drug-likeness (QED) is 0.682. The zero-order chi connectivity index (χ0) is 21.5. The van der Waals surface area contributed by atoms with E-state index < -0.39 is 11.9 Å². The molecule has 0 atom stereocenters. The maximum atomic E-state index is 12.5. The molecule has 1 N–H and O–H groups in total. The zero-order valence-electron chi connectivity index (χ0n) is 17.2. The van der Waals surface area contributed by atoms with E-state index >= 15 is 0 Å². The molecule has 2 amide bonds. The van der Waals surface area contributed by atoms with Crippen molar-refractivity contribution in [1.82, 2.24) is 25.1 Å². The van der Waals surface area contributed by atoms with Gasteiger partial charge in [0.15, 0.2) is 6.61 Å². The fraction of sp³-hybridized carbons (Fsp3) is 0.500. The minimum absolute atomic E-state index is 0.0976. The van der Waals surface area contributed by atoms with Gasteiger partial charge in [0.25, 0.3) is 5.91 Å². The summed E-state index contributed by atoms with van der Waals surface area (Å²) >= 11 is 0. The fourth-order valence-corrected chi connectivity index (χ4v) is 3.50. The van der Waals surface area contributed by atoms with E-state index in [4.69, 9.17) is 4.74 Å². The van der Waals surface area contributed by atoms with Crippen molar-refractivity contribution in [3.05, 3.63) is 36.2 Å². The van der Waals surface area contributed by atoms with Crippen molar-refractivity contribution in [2.75, 3.05) is 19.0 Å². The van der Waals surface area contributed by atoms with Crippen LogP contribution in [0.5, 0.6) is 0 Å². The minimum Gasteiger partial charge on any atom is -0.452 e.